The molecule has 3 aromatic rings. The molecule has 2 aromatic carbocycles. The van der Waals surface area contributed by atoms with Gasteiger partial charge in [-0.3, -0.25) is 19.6 Å². The predicted molar refractivity (Wildman–Crippen MR) is 110 cm³/mol. The van der Waals surface area contributed by atoms with E-state index in [9.17, 15) is 14.9 Å². The normalized spacial score (nSPS) is 11.7. The van der Waals surface area contributed by atoms with Gasteiger partial charge in [-0.2, -0.15) is 5.10 Å². The van der Waals surface area contributed by atoms with Gasteiger partial charge in [0.25, 0.3) is 5.69 Å². The number of carbonyl (C=O) groups is 1. The lowest BCUT2D eigenvalue weighted by molar-refractivity contribution is -0.384. The van der Waals surface area contributed by atoms with Crippen LogP contribution >= 0.6 is 11.6 Å². The summed E-state index contributed by atoms with van der Waals surface area (Å²) in [5.41, 5.74) is 1.53. The Morgan fingerprint density at radius 1 is 1.28 bits per heavy atom. The first-order valence-electron chi connectivity index (χ1n) is 8.79. The van der Waals surface area contributed by atoms with Crippen LogP contribution < -0.4 is 10.1 Å². The minimum Gasteiger partial charge on any atom is -0.457 e. The lowest BCUT2D eigenvalue weighted by atomic mass is 10.2. The largest absolute Gasteiger partial charge is 0.457 e. The monoisotopic (exact) mass is 414 g/mol. The zero-order valence-electron chi connectivity index (χ0n) is 16.0. The molecule has 0 saturated carbocycles. The topological polar surface area (TPSA) is 99.3 Å². The number of amides is 1. The number of anilines is 1. The molecule has 1 amide bonds. The van der Waals surface area contributed by atoms with Crippen molar-refractivity contribution in [2.24, 2.45) is 0 Å². The van der Waals surface area contributed by atoms with Gasteiger partial charge in [0.05, 0.1) is 27.4 Å². The average Bonchev–Trinajstić information content (AvgIpc) is 3.01. The highest BCUT2D eigenvalue weighted by Crippen LogP contribution is 2.31. The van der Waals surface area contributed by atoms with Crippen molar-refractivity contribution in [3.05, 3.63) is 75.1 Å². The van der Waals surface area contributed by atoms with Gasteiger partial charge >= 0.3 is 0 Å². The number of carbonyl (C=O) groups excluding carboxylic acids is 1. The number of para-hydroxylation sites is 1. The van der Waals surface area contributed by atoms with Crippen LogP contribution in [-0.4, -0.2) is 20.6 Å². The maximum atomic E-state index is 12.6. The number of ether oxygens (including phenoxy) is 1. The number of rotatable bonds is 6. The number of aromatic nitrogens is 2. The number of nitro groups is 1. The Morgan fingerprint density at radius 2 is 2.00 bits per heavy atom. The number of aryl methyl sites for hydroxylation is 2. The molecule has 0 aliphatic rings. The Morgan fingerprint density at radius 3 is 2.62 bits per heavy atom. The molecule has 1 atom stereocenters. The first-order valence-corrected chi connectivity index (χ1v) is 9.17. The first-order chi connectivity index (χ1) is 13.7. The van der Waals surface area contributed by atoms with Gasteiger partial charge in [-0.05, 0) is 32.4 Å². The molecule has 1 aromatic heterocycles. The van der Waals surface area contributed by atoms with E-state index < -0.39 is 16.9 Å². The Bertz CT molecular complexity index is 1060. The van der Waals surface area contributed by atoms with Crippen LogP contribution in [0.3, 0.4) is 0 Å². The third-order valence-corrected chi connectivity index (χ3v) is 4.70. The lowest BCUT2D eigenvalue weighted by Crippen LogP contribution is -2.24. The minimum atomic E-state index is -0.666. The van der Waals surface area contributed by atoms with Gasteiger partial charge in [-0.1, -0.05) is 29.8 Å². The van der Waals surface area contributed by atoms with Crippen molar-refractivity contribution in [1.82, 2.24) is 9.78 Å². The van der Waals surface area contributed by atoms with Crippen LogP contribution in [0.5, 0.6) is 11.5 Å². The second-order valence-electron chi connectivity index (χ2n) is 6.55. The zero-order chi connectivity index (χ0) is 21.1. The van der Waals surface area contributed by atoms with Crippen molar-refractivity contribution >= 4 is 28.9 Å². The molecule has 29 heavy (non-hydrogen) atoms. The van der Waals surface area contributed by atoms with Crippen molar-refractivity contribution in [2.45, 2.75) is 26.8 Å². The van der Waals surface area contributed by atoms with E-state index in [1.165, 1.54) is 22.9 Å². The number of benzene rings is 2. The van der Waals surface area contributed by atoms with Gasteiger partial charge in [0.2, 0.25) is 5.91 Å². The van der Waals surface area contributed by atoms with Crippen LogP contribution in [0.4, 0.5) is 11.4 Å². The van der Waals surface area contributed by atoms with Gasteiger partial charge in [0.1, 0.15) is 17.5 Å². The van der Waals surface area contributed by atoms with Gasteiger partial charge in [0, 0.05) is 18.3 Å². The average molecular weight is 415 g/mol. The van der Waals surface area contributed by atoms with Gasteiger partial charge in [0.15, 0.2) is 0 Å². The van der Waals surface area contributed by atoms with Crippen molar-refractivity contribution in [2.75, 3.05) is 5.32 Å². The molecule has 0 bridgehead atoms. The number of non-ortho nitro benzene ring substituents is 1. The van der Waals surface area contributed by atoms with Gasteiger partial charge < -0.3 is 10.1 Å². The smallest absolute Gasteiger partial charge is 0.275 e. The van der Waals surface area contributed by atoms with Crippen molar-refractivity contribution < 1.29 is 14.5 Å². The molecule has 0 fully saturated rings. The number of halogens is 1. The van der Waals surface area contributed by atoms with Crippen LogP contribution in [0.1, 0.15) is 24.2 Å². The highest BCUT2D eigenvalue weighted by Gasteiger charge is 2.19. The van der Waals surface area contributed by atoms with Crippen molar-refractivity contribution in [3.8, 4) is 11.5 Å². The van der Waals surface area contributed by atoms with Crippen LogP contribution in [-0.2, 0) is 4.79 Å². The maximum absolute atomic E-state index is 12.6. The van der Waals surface area contributed by atoms with Gasteiger partial charge in [-0.15, -0.1) is 0 Å². The van der Waals surface area contributed by atoms with E-state index in [0.29, 0.717) is 16.5 Å². The van der Waals surface area contributed by atoms with E-state index >= 15 is 0 Å². The van der Waals surface area contributed by atoms with Crippen LogP contribution in [0, 0.1) is 24.0 Å². The molecule has 0 aliphatic carbocycles. The van der Waals surface area contributed by atoms with E-state index in [4.69, 9.17) is 16.3 Å². The SMILES string of the molecule is Cc1ccccc1Oc1cc(NC(=O)C(C)n2cc(Cl)c(C)n2)cc([N+](=O)[O-])c1. The fourth-order valence-corrected chi connectivity index (χ4v) is 2.78. The molecule has 0 aliphatic heterocycles. The third-order valence-electron chi connectivity index (χ3n) is 4.32. The first kappa shape index (κ1) is 20.3. The molecular formula is C20H19ClN4O4. The summed E-state index contributed by atoms with van der Waals surface area (Å²) in [5.74, 6) is 0.418. The summed E-state index contributed by atoms with van der Waals surface area (Å²) < 4.78 is 7.24. The zero-order valence-corrected chi connectivity index (χ0v) is 16.8. The Kier molecular flexibility index (Phi) is 5.84. The number of hydrogen-bond donors (Lipinski definition) is 1. The van der Waals surface area contributed by atoms with E-state index in [1.807, 2.05) is 19.1 Å². The van der Waals surface area contributed by atoms with E-state index in [2.05, 4.69) is 10.4 Å². The summed E-state index contributed by atoms with van der Waals surface area (Å²) >= 11 is 6.00. The summed E-state index contributed by atoms with van der Waals surface area (Å²) in [7, 11) is 0. The highest BCUT2D eigenvalue weighted by molar-refractivity contribution is 6.31. The highest BCUT2D eigenvalue weighted by atomic mass is 35.5. The van der Waals surface area contributed by atoms with E-state index in [1.54, 1.807) is 32.2 Å². The Hall–Kier alpha value is -3.39. The summed E-state index contributed by atoms with van der Waals surface area (Å²) in [6.45, 7) is 5.26. The predicted octanol–water partition coefficient (Wildman–Crippen LogP) is 5.05. The number of nitro benzene ring substituents is 1. The molecule has 3 rings (SSSR count). The number of nitrogens with zero attached hydrogens (tertiary/aromatic N) is 3. The molecule has 0 saturated heterocycles. The molecule has 9 heteroatoms. The molecule has 0 spiro atoms. The second kappa shape index (κ2) is 8.32. The standard InChI is InChI=1S/C20H19ClN4O4/c1-12-6-4-5-7-19(12)29-17-9-15(8-16(10-17)25(27)28)22-20(26)14(3)24-11-18(21)13(2)23-24/h4-11,14H,1-3H3,(H,22,26). The summed E-state index contributed by atoms with van der Waals surface area (Å²) in [4.78, 5) is 23.4. The lowest BCUT2D eigenvalue weighted by Gasteiger charge is -2.14. The number of hydrogen-bond acceptors (Lipinski definition) is 5. The molecule has 1 unspecified atom stereocenters. The molecule has 150 valence electrons. The summed E-state index contributed by atoms with van der Waals surface area (Å²) in [5, 5.41) is 18.6. The van der Waals surface area contributed by atoms with Crippen LogP contribution in [0.15, 0.2) is 48.7 Å². The third kappa shape index (κ3) is 4.72. The van der Waals surface area contributed by atoms with Crippen LogP contribution in [0.2, 0.25) is 5.02 Å². The molecule has 0 radical (unpaired) electrons. The minimum absolute atomic E-state index is 0.197. The number of nitrogens with one attached hydrogen (secondary N) is 1. The fourth-order valence-electron chi connectivity index (χ4n) is 2.64. The van der Waals surface area contributed by atoms with E-state index in [0.717, 1.165) is 5.56 Å². The summed E-state index contributed by atoms with van der Waals surface area (Å²) in [6.07, 6.45) is 1.56. The van der Waals surface area contributed by atoms with Gasteiger partial charge in [-0.25, -0.2) is 0 Å². The second-order valence-corrected chi connectivity index (χ2v) is 6.96. The van der Waals surface area contributed by atoms with Crippen LogP contribution in [0.25, 0.3) is 0 Å². The van der Waals surface area contributed by atoms with Crippen molar-refractivity contribution in [1.29, 1.82) is 0 Å². The van der Waals surface area contributed by atoms with E-state index in [-0.39, 0.29) is 17.1 Å². The molecular weight excluding hydrogens is 396 g/mol. The van der Waals surface area contributed by atoms with Crippen molar-refractivity contribution in [3.63, 3.8) is 0 Å². The molecule has 8 nitrogen and oxygen atoms in total. The fraction of sp³-hybridized carbons (Fsp3) is 0.200. The Labute approximate surface area is 172 Å². The Balaban J connectivity index is 1.86. The molecule has 1 heterocycles. The quantitative estimate of drug-likeness (QED) is 0.449. The summed E-state index contributed by atoms with van der Waals surface area (Å²) in [6, 6.07) is 10.8. The maximum Gasteiger partial charge on any atom is 0.275 e. The molecule has 1 N–H and O–H groups in total.